The predicted octanol–water partition coefficient (Wildman–Crippen LogP) is 2.87. The third kappa shape index (κ3) is 3.19. The Morgan fingerprint density at radius 2 is 2.17 bits per heavy atom. The standard InChI is InChI=1S/C14H22N2OS/c1-10(2)17-12-7-4-3-6-11(12)14(16-15)13-8-5-9-18-13/h3-4,6-7,10,13-14,16H,5,8-9,15H2,1-2H3. The van der Waals surface area contributed by atoms with Crippen molar-refractivity contribution in [2.24, 2.45) is 5.84 Å². The fourth-order valence-corrected chi connectivity index (χ4v) is 3.75. The van der Waals surface area contributed by atoms with Gasteiger partial charge in [0.1, 0.15) is 5.75 Å². The van der Waals surface area contributed by atoms with Crippen molar-refractivity contribution >= 4 is 11.8 Å². The lowest BCUT2D eigenvalue weighted by atomic mass is 10.0. The van der Waals surface area contributed by atoms with Gasteiger partial charge in [0.15, 0.2) is 0 Å². The first kappa shape index (κ1) is 13.7. The minimum absolute atomic E-state index is 0.174. The predicted molar refractivity (Wildman–Crippen MR) is 77.8 cm³/mol. The first-order valence-electron chi connectivity index (χ1n) is 6.55. The van der Waals surface area contributed by atoms with E-state index in [0.717, 1.165) is 5.75 Å². The van der Waals surface area contributed by atoms with Gasteiger partial charge in [-0.25, -0.2) is 0 Å². The summed E-state index contributed by atoms with van der Waals surface area (Å²) in [6.07, 6.45) is 2.68. The molecule has 1 aliphatic heterocycles. The summed E-state index contributed by atoms with van der Waals surface area (Å²) >= 11 is 2.00. The van der Waals surface area contributed by atoms with Crippen LogP contribution in [0.2, 0.25) is 0 Å². The molecule has 2 atom stereocenters. The van der Waals surface area contributed by atoms with Crippen LogP contribution in [0.4, 0.5) is 0 Å². The van der Waals surface area contributed by atoms with E-state index in [1.165, 1.54) is 24.2 Å². The van der Waals surface area contributed by atoms with Crippen LogP contribution in [0, 0.1) is 0 Å². The quantitative estimate of drug-likeness (QED) is 0.635. The summed E-state index contributed by atoms with van der Waals surface area (Å²) in [6.45, 7) is 4.10. The normalized spacial score (nSPS) is 21.2. The molecule has 1 aromatic rings. The summed E-state index contributed by atoms with van der Waals surface area (Å²) in [5, 5.41) is 0.548. The van der Waals surface area contributed by atoms with E-state index in [-0.39, 0.29) is 12.1 Å². The van der Waals surface area contributed by atoms with E-state index >= 15 is 0 Å². The van der Waals surface area contributed by atoms with Crippen molar-refractivity contribution in [2.45, 2.75) is 44.1 Å². The lowest BCUT2D eigenvalue weighted by molar-refractivity contribution is 0.237. The van der Waals surface area contributed by atoms with Crippen molar-refractivity contribution in [3.63, 3.8) is 0 Å². The maximum atomic E-state index is 5.88. The minimum atomic E-state index is 0.174. The number of nitrogens with one attached hydrogen (secondary N) is 1. The molecule has 1 heterocycles. The molecule has 0 spiro atoms. The van der Waals surface area contributed by atoms with Gasteiger partial charge in [-0.3, -0.25) is 11.3 Å². The van der Waals surface area contributed by atoms with Gasteiger partial charge >= 0.3 is 0 Å². The molecule has 0 aromatic heterocycles. The molecule has 1 saturated heterocycles. The highest BCUT2D eigenvalue weighted by molar-refractivity contribution is 8.00. The third-order valence-electron chi connectivity index (χ3n) is 3.13. The maximum Gasteiger partial charge on any atom is 0.124 e. The Morgan fingerprint density at radius 3 is 2.78 bits per heavy atom. The smallest absolute Gasteiger partial charge is 0.124 e. The number of nitrogens with two attached hydrogens (primary N) is 1. The number of hydrogen-bond donors (Lipinski definition) is 2. The molecule has 3 nitrogen and oxygen atoms in total. The molecule has 1 aromatic carbocycles. The number of benzene rings is 1. The highest BCUT2D eigenvalue weighted by atomic mass is 32.2. The molecule has 0 saturated carbocycles. The molecule has 1 aliphatic rings. The van der Waals surface area contributed by atoms with E-state index in [1.807, 2.05) is 43.8 Å². The average Bonchev–Trinajstić information content (AvgIpc) is 2.85. The molecular formula is C14H22N2OS. The fourth-order valence-electron chi connectivity index (χ4n) is 2.36. The Hall–Kier alpha value is -0.710. The number of ether oxygens (including phenoxy) is 1. The van der Waals surface area contributed by atoms with Crippen LogP contribution in [-0.4, -0.2) is 17.1 Å². The molecule has 2 rings (SSSR count). The summed E-state index contributed by atoms with van der Waals surface area (Å²) in [7, 11) is 0. The van der Waals surface area contributed by atoms with Gasteiger partial charge in [0.05, 0.1) is 12.1 Å². The van der Waals surface area contributed by atoms with E-state index in [4.69, 9.17) is 10.6 Å². The second-order valence-electron chi connectivity index (χ2n) is 4.90. The second-order valence-corrected chi connectivity index (χ2v) is 6.25. The van der Waals surface area contributed by atoms with Gasteiger partial charge in [-0.05, 0) is 38.5 Å². The molecule has 0 amide bonds. The Balaban J connectivity index is 2.23. The number of thioether (sulfide) groups is 1. The van der Waals surface area contributed by atoms with Crippen molar-refractivity contribution in [3.8, 4) is 5.75 Å². The van der Waals surface area contributed by atoms with E-state index in [1.54, 1.807) is 0 Å². The van der Waals surface area contributed by atoms with Gasteiger partial charge in [0.25, 0.3) is 0 Å². The molecule has 2 unspecified atom stereocenters. The van der Waals surface area contributed by atoms with Crippen LogP contribution in [0.25, 0.3) is 0 Å². The molecule has 3 N–H and O–H groups in total. The van der Waals surface area contributed by atoms with E-state index < -0.39 is 0 Å². The number of rotatable bonds is 5. The van der Waals surface area contributed by atoms with Gasteiger partial charge in [-0.1, -0.05) is 18.2 Å². The summed E-state index contributed by atoms with van der Waals surface area (Å²) in [5.74, 6) is 7.94. The van der Waals surface area contributed by atoms with Crippen molar-refractivity contribution in [2.75, 3.05) is 5.75 Å². The Labute approximate surface area is 113 Å². The Kier molecular flexibility index (Phi) is 4.92. The van der Waals surface area contributed by atoms with Crippen molar-refractivity contribution < 1.29 is 4.74 Å². The van der Waals surface area contributed by atoms with Gasteiger partial charge in [-0.2, -0.15) is 11.8 Å². The number of hydrazine groups is 1. The summed E-state index contributed by atoms with van der Waals surface area (Å²) in [4.78, 5) is 0. The largest absolute Gasteiger partial charge is 0.491 e. The number of hydrogen-bond acceptors (Lipinski definition) is 4. The fraction of sp³-hybridized carbons (Fsp3) is 0.571. The summed E-state index contributed by atoms with van der Waals surface area (Å²) < 4.78 is 5.88. The molecule has 0 bridgehead atoms. The zero-order valence-electron chi connectivity index (χ0n) is 11.1. The van der Waals surface area contributed by atoms with Gasteiger partial charge in [-0.15, -0.1) is 0 Å². The maximum absolute atomic E-state index is 5.88. The first-order chi connectivity index (χ1) is 8.72. The summed E-state index contributed by atoms with van der Waals surface area (Å²) in [5.41, 5.74) is 4.15. The van der Waals surface area contributed by atoms with Crippen molar-refractivity contribution in [1.82, 2.24) is 5.43 Å². The lowest BCUT2D eigenvalue weighted by Crippen LogP contribution is -2.34. The monoisotopic (exact) mass is 266 g/mol. The van der Waals surface area contributed by atoms with Gasteiger partial charge < -0.3 is 4.74 Å². The highest BCUT2D eigenvalue weighted by Crippen LogP contribution is 2.38. The average molecular weight is 266 g/mol. The van der Waals surface area contributed by atoms with Crippen LogP contribution < -0.4 is 16.0 Å². The van der Waals surface area contributed by atoms with Crippen LogP contribution in [0.15, 0.2) is 24.3 Å². The van der Waals surface area contributed by atoms with Crippen LogP contribution >= 0.6 is 11.8 Å². The highest BCUT2D eigenvalue weighted by Gasteiger charge is 2.28. The first-order valence-corrected chi connectivity index (χ1v) is 7.60. The van der Waals surface area contributed by atoms with Gasteiger partial charge in [0.2, 0.25) is 0 Å². The topological polar surface area (TPSA) is 47.3 Å². The molecule has 0 radical (unpaired) electrons. The molecule has 18 heavy (non-hydrogen) atoms. The van der Waals surface area contributed by atoms with E-state index in [0.29, 0.717) is 5.25 Å². The third-order valence-corrected chi connectivity index (χ3v) is 4.59. The Bertz CT molecular complexity index is 378. The zero-order valence-corrected chi connectivity index (χ0v) is 11.9. The minimum Gasteiger partial charge on any atom is -0.491 e. The molecule has 1 fully saturated rings. The van der Waals surface area contributed by atoms with E-state index in [9.17, 15) is 0 Å². The Morgan fingerprint density at radius 1 is 1.39 bits per heavy atom. The summed E-state index contributed by atoms with van der Waals surface area (Å²) in [6, 6.07) is 8.37. The molecule has 0 aliphatic carbocycles. The van der Waals surface area contributed by atoms with Crippen LogP contribution in [0.3, 0.4) is 0 Å². The second kappa shape index (κ2) is 6.45. The number of para-hydroxylation sites is 1. The van der Waals surface area contributed by atoms with Crippen LogP contribution in [-0.2, 0) is 0 Å². The van der Waals surface area contributed by atoms with Gasteiger partial charge in [0, 0.05) is 10.8 Å². The van der Waals surface area contributed by atoms with Crippen LogP contribution in [0.1, 0.15) is 38.3 Å². The zero-order chi connectivity index (χ0) is 13.0. The van der Waals surface area contributed by atoms with Crippen molar-refractivity contribution in [1.29, 1.82) is 0 Å². The van der Waals surface area contributed by atoms with Crippen molar-refractivity contribution in [3.05, 3.63) is 29.8 Å². The van der Waals surface area contributed by atoms with E-state index in [2.05, 4.69) is 11.5 Å². The lowest BCUT2D eigenvalue weighted by Gasteiger charge is -2.25. The van der Waals surface area contributed by atoms with Crippen LogP contribution in [0.5, 0.6) is 5.75 Å². The molecular weight excluding hydrogens is 244 g/mol. The SMILES string of the molecule is CC(C)Oc1ccccc1C(NN)C1CCCS1. The molecule has 4 heteroatoms. The molecule has 100 valence electrons.